The zero-order valence-corrected chi connectivity index (χ0v) is 21.3. The van der Waals surface area contributed by atoms with Crippen LogP contribution in [0.5, 0.6) is 5.75 Å². The molecule has 0 spiro atoms. The first-order chi connectivity index (χ1) is 18.1. The van der Waals surface area contributed by atoms with Crippen LogP contribution in [0.15, 0.2) is 77.7 Å². The molecule has 210 valence electrons. The minimum atomic E-state index is -4.88. The maximum Gasteiger partial charge on any atom is 0.573 e. The van der Waals surface area contributed by atoms with Crippen LogP contribution in [0.1, 0.15) is 17.2 Å². The molecule has 1 heterocycles. The van der Waals surface area contributed by atoms with E-state index in [1.165, 1.54) is 41.3 Å². The minimum Gasteiger partial charge on any atom is -0.406 e. The highest BCUT2D eigenvalue weighted by Gasteiger charge is 2.42. The molecule has 6 nitrogen and oxygen atoms in total. The van der Waals surface area contributed by atoms with Crippen LogP contribution in [-0.2, 0) is 16.4 Å². The number of hydrogen-bond donors (Lipinski definition) is 1. The van der Waals surface area contributed by atoms with E-state index in [1.807, 2.05) is 0 Å². The van der Waals surface area contributed by atoms with Crippen molar-refractivity contribution in [1.82, 2.24) is 0 Å². The summed E-state index contributed by atoms with van der Waals surface area (Å²) in [5.74, 6) is -0.409. The van der Waals surface area contributed by atoms with Crippen molar-refractivity contribution in [3.63, 3.8) is 0 Å². The van der Waals surface area contributed by atoms with Gasteiger partial charge in [-0.3, -0.25) is 0 Å². The monoisotopic (exact) mass is 574 g/mol. The lowest BCUT2D eigenvalue weighted by atomic mass is 9.98. The van der Waals surface area contributed by atoms with E-state index in [0.717, 1.165) is 12.3 Å². The molecule has 2 atom stereocenters. The van der Waals surface area contributed by atoms with Crippen LogP contribution in [0.25, 0.3) is 0 Å². The predicted molar refractivity (Wildman–Crippen MR) is 132 cm³/mol. The molecule has 4 rings (SSSR count). The van der Waals surface area contributed by atoms with Crippen LogP contribution in [0.4, 0.5) is 37.7 Å². The molecule has 3 aromatic rings. The fourth-order valence-electron chi connectivity index (χ4n) is 4.50. The first-order valence-corrected chi connectivity index (χ1v) is 13.5. The second kappa shape index (κ2) is 10.6. The van der Waals surface area contributed by atoms with Gasteiger partial charge in [-0.25, -0.2) is 8.42 Å². The fraction of sp³-hybridized carbons (Fsp3) is 0.308. The summed E-state index contributed by atoms with van der Waals surface area (Å²) in [5, 5.41) is 9.94. The van der Waals surface area contributed by atoms with E-state index in [0.29, 0.717) is 22.5 Å². The molecule has 0 saturated carbocycles. The quantitative estimate of drug-likeness (QED) is 0.377. The Kier molecular flexibility index (Phi) is 7.77. The maximum absolute atomic E-state index is 13.4. The highest BCUT2D eigenvalue weighted by atomic mass is 32.2. The van der Waals surface area contributed by atoms with Gasteiger partial charge in [0.05, 0.1) is 28.9 Å². The number of nitrogens with zero attached hydrogens (tertiary/aromatic N) is 2. The number of aliphatic hydroxyl groups is 1. The standard InChI is InChI=1S/C26H24F6N2O4S/c1-39(36,37)20-11-9-18(10-12-20)23-15-33(14-17-5-4-6-19(13-17)38-26(30,31)32)21-7-2-3-8-22(21)34(23)16-24(35)25(27,28)29/h2-13,23-24,35H,14-16H2,1H3/t23-,24+/m0/s1. The van der Waals surface area contributed by atoms with Crippen molar-refractivity contribution in [3.8, 4) is 5.75 Å². The van der Waals surface area contributed by atoms with Crippen LogP contribution in [0.2, 0.25) is 0 Å². The molecular weight excluding hydrogens is 550 g/mol. The summed E-state index contributed by atoms with van der Waals surface area (Å²) in [5.41, 5.74) is 1.83. The SMILES string of the molecule is CS(=O)(=O)c1ccc([C@@H]2CN(Cc3cccc(OC(F)(F)F)c3)c3ccccc3N2C[C@@H](O)C(F)(F)F)cc1. The Bertz CT molecular complexity index is 1410. The van der Waals surface area contributed by atoms with E-state index in [1.54, 1.807) is 35.2 Å². The van der Waals surface area contributed by atoms with Crippen molar-refractivity contribution in [1.29, 1.82) is 0 Å². The molecule has 0 saturated heterocycles. The Balaban J connectivity index is 1.74. The summed E-state index contributed by atoms with van der Waals surface area (Å²) in [6, 6.07) is 16.9. The molecule has 13 heteroatoms. The van der Waals surface area contributed by atoms with Crippen molar-refractivity contribution in [3.05, 3.63) is 83.9 Å². The van der Waals surface area contributed by atoms with Gasteiger partial charge in [0.25, 0.3) is 0 Å². The van der Waals surface area contributed by atoms with Crippen LogP contribution in [0.3, 0.4) is 0 Å². The number of β-amino-alcohol motifs (C(OH)–C–C–N with tert-alkyl or cyclic N) is 1. The lowest BCUT2D eigenvalue weighted by molar-refractivity contribution is -0.274. The molecule has 1 N–H and O–H groups in total. The van der Waals surface area contributed by atoms with Gasteiger partial charge in [0.2, 0.25) is 0 Å². The average Bonchev–Trinajstić information content (AvgIpc) is 2.83. The molecule has 0 fully saturated rings. The van der Waals surface area contributed by atoms with Crippen molar-refractivity contribution in [2.45, 2.75) is 36.1 Å². The number of sulfone groups is 1. The molecule has 0 aromatic heterocycles. The number of alkyl halides is 6. The molecule has 0 bridgehead atoms. The summed E-state index contributed by atoms with van der Waals surface area (Å²) in [7, 11) is -3.52. The summed E-state index contributed by atoms with van der Waals surface area (Å²) >= 11 is 0. The molecule has 0 aliphatic carbocycles. The maximum atomic E-state index is 13.4. The Morgan fingerprint density at radius 1 is 0.949 bits per heavy atom. The zero-order chi connectivity index (χ0) is 28.6. The van der Waals surface area contributed by atoms with Crippen molar-refractivity contribution < 1.29 is 44.6 Å². The Labute approximate surface area is 221 Å². The first-order valence-electron chi connectivity index (χ1n) is 11.6. The van der Waals surface area contributed by atoms with Gasteiger partial charge in [-0.15, -0.1) is 13.2 Å². The highest BCUT2D eigenvalue weighted by molar-refractivity contribution is 7.90. The van der Waals surface area contributed by atoms with E-state index in [-0.39, 0.29) is 18.0 Å². The topological polar surface area (TPSA) is 70.1 Å². The second-order valence-corrected chi connectivity index (χ2v) is 11.1. The van der Waals surface area contributed by atoms with Crippen molar-refractivity contribution >= 4 is 21.2 Å². The largest absolute Gasteiger partial charge is 0.573 e. The Hall–Kier alpha value is -3.45. The second-order valence-electron chi connectivity index (χ2n) is 9.13. The number of aliphatic hydroxyl groups excluding tert-OH is 1. The molecule has 1 aliphatic heterocycles. The van der Waals surface area contributed by atoms with Gasteiger partial charge in [0.1, 0.15) is 5.75 Å². The van der Waals surface area contributed by atoms with Crippen LogP contribution in [-0.4, -0.2) is 51.5 Å². The van der Waals surface area contributed by atoms with Gasteiger partial charge < -0.3 is 19.6 Å². The molecule has 0 unspecified atom stereocenters. The third kappa shape index (κ3) is 6.95. The number of ether oxygens (including phenoxy) is 1. The van der Waals surface area contributed by atoms with Crippen molar-refractivity contribution in [2.75, 3.05) is 29.1 Å². The third-order valence-electron chi connectivity index (χ3n) is 6.25. The average molecular weight is 575 g/mol. The lowest BCUT2D eigenvalue weighted by Gasteiger charge is -2.45. The predicted octanol–water partition coefficient (Wildman–Crippen LogP) is 5.48. The summed E-state index contributed by atoms with van der Waals surface area (Å²) in [4.78, 5) is 3.23. The molecular formula is C26H24F6N2O4S. The molecule has 3 aromatic carbocycles. The first kappa shape index (κ1) is 28.6. The van der Waals surface area contributed by atoms with E-state index < -0.39 is 46.8 Å². The Morgan fingerprint density at radius 3 is 2.18 bits per heavy atom. The number of fused-ring (bicyclic) bond motifs is 1. The number of para-hydroxylation sites is 2. The number of rotatable bonds is 7. The van der Waals surface area contributed by atoms with Crippen LogP contribution < -0.4 is 14.5 Å². The van der Waals surface area contributed by atoms with Gasteiger partial charge in [-0.1, -0.05) is 36.4 Å². The molecule has 0 amide bonds. The smallest absolute Gasteiger partial charge is 0.406 e. The van der Waals surface area contributed by atoms with E-state index in [9.17, 15) is 39.9 Å². The summed E-state index contributed by atoms with van der Waals surface area (Å²) < 4.78 is 106. The number of anilines is 2. The number of halogens is 6. The normalized spacial score (nSPS) is 17.1. The summed E-state index contributed by atoms with van der Waals surface area (Å²) in [6.07, 6.45) is -11.4. The molecule has 0 radical (unpaired) electrons. The fourth-order valence-corrected chi connectivity index (χ4v) is 5.13. The van der Waals surface area contributed by atoms with Gasteiger partial charge in [0, 0.05) is 19.3 Å². The van der Waals surface area contributed by atoms with Gasteiger partial charge in [-0.2, -0.15) is 13.2 Å². The molecule has 39 heavy (non-hydrogen) atoms. The number of hydrogen-bond acceptors (Lipinski definition) is 6. The molecule has 1 aliphatic rings. The zero-order valence-electron chi connectivity index (χ0n) is 20.4. The Morgan fingerprint density at radius 2 is 1.59 bits per heavy atom. The van der Waals surface area contributed by atoms with Crippen molar-refractivity contribution in [2.24, 2.45) is 0 Å². The van der Waals surface area contributed by atoms with Crippen LogP contribution >= 0.6 is 0 Å². The van der Waals surface area contributed by atoms with Gasteiger partial charge in [0.15, 0.2) is 15.9 Å². The lowest BCUT2D eigenvalue weighted by Crippen LogP contribution is -2.49. The third-order valence-corrected chi connectivity index (χ3v) is 7.38. The summed E-state index contributed by atoms with van der Waals surface area (Å²) in [6.45, 7) is -0.606. The van der Waals surface area contributed by atoms with Gasteiger partial charge >= 0.3 is 12.5 Å². The highest BCUT2D eigenvalue weighted by Crippen LogP contribution is 2.42. The minimum absolute atomic E-state index is 0.0303. The van der Waals surface area contributed by atoms with E-state index >= 15 is 0 Å². The van der Waals surface area contributed by atoms with Gasteiger partial charge in [-0.05, 0) is 47.5 Å². The van der Waals surface area contributed by atoms with Crippen LogP contribution in [0, 0.1) is 0 Å². The van der Waals surface area contributed by atoms with E-state index in [2.05, 4.69) is 4.74 Å². The van der Waals surface area contributed by atoms with E-state index in [4.69, 9.17) is 0 Å². The number of benzene rings is 3.